The Balaban J connectivity index is 2.08. The van der Waals surface area contributed by atoms with Crippen molar-refractivity contribution in [3.8, 4) is 23.1 Å². The Hall–Kier alpha value is -3.66. The molecule has 2 N–H and O–H groups in total. The number of rotatable bonds is 4. The standard InChI is InChI=1S/C17H13N5O2/c1-24-14-9-5-3-7-12(14)15-16(17(23)22-20-15)21-19-13-8-4-2-6-11(13)10-18/h2-9H,1H3,(H2,20,22,23). The van der Waals surface area contributed by atoms with E-state index in [0.29, 0.717) is 28.3 Å². The summed E-state index contributed by atoms with van der Waals surface area (Å²) in [5.41, 5.74) is 1.64. The Labute approximate surface area is 137 Å². The van der Waals surface area contributed by atoms with Gasteiger partial charge in [0.2, 0.25) is 0 Å². The van der Waals surface area contributed by atoms with Crippen molar-refractivity contribution in [3.63, 3.8) is 0 Å². The largest absolute Gasteiger partial charge is 0.496 e. The molecule has 7 heteroatoms. The smallest absolute Gasteiger partial charge is 0.292 e. The maximum Gasteiger partial charge on any atom is 0.292 e. The van der Waals surface area contributed by atoms with E-state index in [1.165, 1.54) is 0 Å². The van der Waals surface area contributed by atoms with E-state index in [9.17, 15) is 4.79 Å². The lowest BCUT2D eigenvalue weighted by molar-refractivity contribution is 0.416. The first-order chi connectivity index (χ1) is 11.7. The van der Waals surface area contributed by atoms with Crippen LogP contribution in [0.4, 0.5) is 11.4 Å². The number of azo groups is 1. The molecule has 2 aromatic carbocycles. The number of methoxy groups -OCH3 is 1. The number of hydrogen-bond donors (Lipinski definition) is 2. The lowest BCUT2D eigenvalue weighted by Gasteiger charge is -2.06. The van der Waals surface area contributed by atoms with Gasteiger partial charge in [-0.25, -0.2) is 0 Å². The van der Waals surface area contributed by atoms with E-state index >= 15 is 0 Å². The number of ether oxygens (including phenoxy) is 1. The molecule has 0 unspecified atom stereocenters. The molecule has 24 heavy (non-hydrogen) atoms. The summed E-state index contributed by atoms with van der Waals surface area (Å²) in [7, 11) is 1.55. The van der Waals surface area contributed by atoms with Crippen LogP contribution in [0.15, 0.2) is 63.6 Å². The second-order valence-corrected chi connectivity index (χ2v) is 4.83. The van der Waals surface area contributed by atoms with Crippen LogP contribution in [0.2, 0.25) is 0 Å². The number of nitrogens with one attached hydrogen (secondary N) is 2. The highest BCUT2D eigenvalue weighted by atomic mass is 16.5. The molecule has 1 aromatic heterocycles. The van der Waals surface area contributed by atoms with Gasteiger partial charge in [-0.2, -0.15) is 5.26 Å². The highest BCUT2D eigenvalue weighted by Gasteiger charge is 2.15. The first kappa shape index (κ1) is 15.2. The number of nitrogens with zero attached hydrogens (tertiary/aromatic N) is 3. The number of H-pyrrole nitrogens is 2. The monoisotopic (exact) mass is 319 g/mol. The van der Waals surface area contributed by atoms with Crippen LogP contribution >= 0.6 is 0 Å². The molecule has 0 saturated carbocycles. The van der Waals surface area contributed by atoms with Crippen LogP contribution in [0.1, 0.15) is 5.56 Å². The van der Waals surface area contributed by atoms with E-state index < -0.39 is 5.56 Å². The molecular weight excluding hydrogens is 306 g/mol. The predicted octanol–water partition coefficient (Wildman–Crippen LogP) is 3.67. The van der Waals surface area contributed by atoms with Crippen LogP contribution in [-0.4, -0.2) is 17.3 Å². The van der Waals surface area contributed by atoms with Crippen LogP contribution in [0.3, 0.4) is 0 Å². The quantitative estimate of drug-likeness (QED) is 0.716. The van der Waals surface area contributed by atoms with Gasteiger partial charge in [-0.15, -0.1) is 10.2 Å². The molecule has 7 nitrogen and oxygen atoms in total. The number of aromatic amines is 2. The Morgan fingerprint density at radius 1 is 1.04 bits per heavy atom. The normalized spacial score (nSPS) is 10.7. The molecule has 0 fully saturated rings. The second-order valence-electron chi connectivity index (χ2n) is 4.83. The fourth-order valence-electron chi connectivity index (χ4n) is 2.25. The molecule has 0 bridgehead atoms. The number of para-hydroxylation sites is 1. The predicted molar refractivity (Wildman–Crippen MR) is 88.7 cm³/mol. The molecule has 0 amide bonds. The summed E-state index contributed by atoms with van der Waals surface area (Å²) < 4.78 is 5.31. The second kappa shape index (κ2) is 6.62. The van der Waals surface area contributed by atoms with Gasteiger partial charge >= 0.3 is 0 Å². The van der Waals surface area contributed by atoms with E-state index in [2.05, 4.69) is 20.4 Å². The van der Waals surface area contributed by atoms with Crippen molar-refractivity contribution in [1.82, 2.24) is 10.2 Å². The molecule has 0 aliphatic rings. The Bertz CT molecular complexity index is 994. The average Bonchev–Trinajstić information content (AvgIpc) is 3.00. The minimum atomic E-state index is -0.408. The molecule has 118 valence electrons. The summed E-state index contributed by atoms with van der Waals surface area (Å²) in [6, 6.07) is 16.1. The fourth-order valence-corrected chi connectivity index (χ4v) is 2.25. The van der Waals surface area contributed by atoms with Gasteiger partial charge in [-0.1, -0.05) is 24.3 Å². The summed E-state index contributed by atoms with van der Waals surface area (Å²) in [4.78, 5) is 12.0. The lowest BCUT2D eigenvalue weighted by atomic mass is 10.1. The Morgan fingerprint density at radius 2 is 1.79 bits per heavy atom. The fraction of sp³-hybridized carbons (Fsp3) is 0.0588. The van der Waals surface area contributed by atoms with Gasteiger partial charge in [0.25, 0.3) is 5.56 Å². The number of nitriles is 1. The minimum absolute atomic E-state index is 0.118. The number of benzene rings is 2. The summed E-state index contributed by atoms with van der Waals surface area (Å²) in [5.74, 6) is 0.599. The van der Waals surface area contributed by atoms with Crippen molar-refractivity contribution in [3.05, 3.63) is 64.4 Å². The van der Waals surface area contributed by atoms with Crippen LogP contribution in [0.25, 0.3) is 11.3 Å². The molecule has 3 aromatic rings. The molecule has 0 aliphatic carbocycles. The van der Waals surface area contributed by atoms with Gasteiger partial charge in [0.1, 0.15) is 17.5 Å². The van der Waals surface area contributed by atoms with Gasteiger partial charge in [-0.05, 0) is 24.3 Å². The number of hydrogen-bond acceptors (Lipinski definition) is 5. The summed E-state index contributed by atoms with van der Waals surface area (Å²) in [6.07, 6.45) is 0. The molecule has 3 rings (SSSR count). The summed E-state index contributed by atoms with van der Waals surface area (Å²) in [6.45, 7) is 0. The summed E-state index contributed by atoms with van der Waals surface area (Å²) >= 11 is 0. The maximum absolute atomic E-state index is 12.0. The van der Waals surface area contributed by atoms with E-state index in [1.54, 1.807) is 43.5 Å². The highest BCUT2D eigenvalue weighted by molar-refractivity contribution is 5.76. The molecule has 0 spiro atoms. The van der Waals surface area contributed by atoms with Gasteiger partial charge in [0, 0.05) is 5.56 Å². The van der Waals surface area contributed by atoms with Crippen molar-refractivity contribution in [1.29, 1.82) is 5.26 Å². The Morgan fingerprint density at radius 3 is 2.58 bits per heavy atom. The van der Waals surface area contributed by atoms with Crippen LogP contribution in [-0.2, 0) is 0 Å². The van der Waals surface area contributed by atoms with Gasteiger partial charge in [0.15, 0.2) is 5.69 Å². The topological polar surface area (TPSA) is 106 Å². The maximum atomic E-state index is 12.0. The third-order valence-electron chi connectivity index (χ3n) is 3.41. The van der Waals surface area contributed by atoms with Crippen molar-refractivity contribution in [2.75, 3.05) is 7.11 Å². The van der Waals surface area contributed by atoms with E-state index in [4.69, 9.17) is 10.00 Å². The minimum Gasteiger partial charge on any atom is -0.496 e. The molecule has 0 aliphatic heterocycles. The number of aromatic nitrogens is 2. The van der Waals surface area contributed by atoms with Gasteiger partial charge in [0.05, 0.1) is 18.4 Å². The van der Waals surface area contributed by atoms with E-state index in [-0.39, 0.29) is 5.69 Å². The molecule has 0 saturated heterocycles. The van der Waals surface area contributed by atoms with Gasteiger partial charge in [-0.3, -0.25) is 15.0 Å². The third kappa shape index (κ3) is 2.80. The van der Waals surface area contributed by atoms with Gasteiger partial charge < -0.3 is 4.74 Å². The van der Waals surface area contributed by atoms with Crippen LogP contribution < -0.4 is 10.3 Å². The van der Waals surface area contributed by atoms with Crippen LogP contribution in [0.5, 0.6) is 5.75 Å². The summed E-state index contributed by atoms with van der Waals surface area (Å²) in [5, 5.41) is 22.5. The van der Waals surface area contributed by atoms with E-state index in [1.807, 2.05) is 18.2 Å². The highest BCUT2D eigenvalue weighted by Crippen LogP contribution is 2.33. The zero-order valence-electron chi connectivity index (χ0n) is 12.8. The molecular formula is C17H13N5O2. The zero-order valence-corrected chi connectivity index (χ0v) is 12.8. The van der Waals surface area contributed by atoms with Crippen molar-refractivity contribution in [2.45, 2.75) is 0 Å². The van der Waals surface area contributed by atoms with Crippen molar-refractivity contribution in [2.24, 2.45) is 10.2 Å². The SMILES string of the molecule is COc1ccccc1-c1[nH][nH]c(=O)c1N=Nc1ccccc1C#N. The lowest BCUT2D eigenvalue weighted by Crippen LogP contribution is -1.96. The first-order valence-corrected chi connectivity index (χ1v) is 7.09. The van der Waals surface area contributed by atoms with Crippen molar-refractivity contribution < 1.29 is 4.74 Å². The Kier molecular flexibility index (Phi) is 4.21. The zero-order chi connectivity index (χ0) is 16.9. The molecule has 0 atom stereocenters. The van der Waals surface area contributed by atoms with E-state index in [0.717, 1.165) is 0 Å². The van der Waals surface area contributed by atoms with Crippen molar-refractivity contribution >= 4 is 11.4 Å². The average molecular weight is 319 g/mol. The molecule has 0 radical (unpaired) electrons. The van der Waals surface area contributed by atoms with Crippen LogP contribution in [0, 0.1) is 11.3 Å². The first-order valence-electron chi connectivity index (χ1n) is 7.09. The third-order valence-corrected chi connectivity index (χ3v) is 3.41. The molecule has 1 heterocycles.